The first-order chi connectivity index (χ1) is 5.07. The van der Waals surface area contributed by atoms with Crippen LogP contribution in [0.4, 0.5) is 0 Å². The second kappa shape index (κ2) is 4.07. The maximum atomic E-state index is 4.53. The molecule has 2 nitrogen and oxygen atoms in total. The Labute approximate surface area is 124 Å². The molecule has 64 valence electrons. The van der Waals surface area contributed by atoms with Crippen LogP contribution in [0.3, 0.4) is 0 Å². The van der Waals surface area contributed by atoms with E-state index in [-0.39, 0.29) is 58.2 Å². The largest absolute Gasteiger partial charge is 1.00 e. The van der Waals surface area contributed by atoms with E-state index in [4.69, 9.17) is 0 Å². The molecule has 0 spiro atoms. The first kappa shape index (κ1) is 11.8. The maximum absolute atomic E-state index is 4.53. The topological polar surface area (TPSA) is 17.3 Å². The summed E-state index contributed by atoms with van der Waals surface area (Å²) in [6.07, 6.45) is 1.32. The molecule has 0 aromatic heterocycles. The van der Waals surface area contributed by atoms with Gasteiger partial charge in [0.25, 0.3) is 0 Å². The molecule has 2 fully saturated rings. The van der Waals surface area contributed by atoms with Crippen LogP contribution in [0.2, 0.25) is 0 Å². The van der Waals surface area contributed by atoms with Crippen molar-refractivity contribution in [2.45, 2.75) is 44.8 Å². The van der Waals surface area contributed by atoms with Crippen LogP contribution in [-0.4, -0.2) is 35.6 Å². The summed E-state index contributed by atoms with van der Waals surface area (Å²) >= 11 is 0. The van der Waals surface area contributed by atoms with Crippen molar-refractivity contribution in [3.63, 3.8) is 0 Å². The molecule has 2 bridgehead atoms. The van der Waals surface area contributed by atoms with E-state index in [1.807, 2.05) is 0 Å². The average molecular weight is 239 g/mol. The van der Waals surface area contributed by atoms with Crippen molar-refractivity contribution in [2.24, 2.45) is 0 Å². The van der Waals surface area contributed by atoms with Gasteiger partial charge < -0.3 is 5.32 Å². The van der Waals surface area contributed by atoms with Crippen molar-refractivity contribution in [1.82, 2.24) is 4.90 Å². The summed E-state index contributed by atoms with van der Waals surface area (Å²) in [5, 5.41) is 4.53. The van der Waals surface area contributed by atoms with E-state index < -0.39 is 0 Å². The van der Waals surface area contributed by atoms with Crippen LogP contribution >= 0.6 is 0 Å². The fourth-order valence-corrected chi connectivity index (χ4v) is 2.29. The molecule has 0 aromatic rings. The third-order valence-electron chi connectivity index (χ3n) is 2.83. The van der Waals surface area contributed by atoms with Gasteiger partial charge in [-0.15, -0.1) is 12.6 Å². The third kappa shape index (κ3) is 2.21. The Kier molecular flexibility index (Phi) is 4.00. The molecule has 0 aliphatic carbocycles. The molecule has 0 aromatic carbocycles. The van der Waals surface area contributed by atoms with Crippen LogP contribution < -0.4 is 58.2 Å². The average Bonchev–Trinajstić information content (AvgIpc) is 2.42. The van der Waals surface area contributed by atoms with Crippen LogP contribution in [0.5, 0.6) is 0 Å². The molecule has 0 saturated carbocycles. The fourth-order valence-electron chi connectivity index (χ4n) is 2.29. The van der Waals surface area contributed by atoms with E-state index in [2.05, 4.69) is 31.0 Å². The van der Waals surface area contributed by atoms with E-state index in [0.717, 1.165) is 12.6 Å². The molecule has 2 heterocycles. The molecule has 2 aliphatic heterocycles. The molecule has 2 saturated heterocycles. The molecule has 2 unspecified atom stereocenters. The van der Waals surface area contributed by atoms with Gasteiger partial charge in [0.15, 0.2) is 0 Å². The third-order valence-corrected chi connectivity index (χ3v) is 2.83. The molecule has 2 aliphatic rings. The molecule has 12 heavy (non-hydrogen) atoms. The van der Waals surface area contributed by atoms with Gasteiger partial charge in [-0.05, 0) is 33.4 Å². The number of likely N-dealkylation sites (tertiary alicyclic amines) is 1. The summed E-state index contributed by atoms with van der Waals surface area (Å²) < 4.78 is 0. The zero-order chi connectivity index (χ0) is 8.06. The van der Waals surface area contributed by atoms with Crippen molar-refractivity contribution in [3.8, 4) is 0 Å². The van der Waals surface area contributed by atoms with E-state index in [1.54, 1.807) is 0 Å². The smallest absolute Gasteiger partial charge is 0.657 e. The Hall–Kier alpha value is 1.73. The van der Waals surface area contributed by atoms with Crippen LogP contribution in [0.15, 0.2) is 0 Å². The van der Waals surface area contributed by atoms with Gasteiger partial charge in [0.05, 0.1) is 0 Å². The number of piperazine rings is 1. The van der Waals surface area contributed by atoms with Gasteiger partial charge in [-0.25, -0.2) is 0 Å². The quantitative estimate of drug-likeness (QED) is 0.509. The predicted octanol–water partition coefficient (Wildman–Crippen LogP) is -1.38. The van der Waals surface area contributed by atoms with Crippen LogP contribution in [0, 0.1) is 0 Å². The minimum Gasteiger partial charge on any atom is -0.657 e. The normalized spacial score (nSPS) is 35.2. The molecule has 0 amide bonds. The van der Waals surface area contributed by atoms with E-state index in [0.29, 0.717) is 11.6 Å². The Morgan fingerprint density at radius 1 is 1.33 bits per heavy atom. The van der Waals surface area contributed by atoms with Gasteiger partial charge in [0, 0.05) is 5.54 Å². The van der Waals surface area contributed by atoms with Crippen molar-refractivity contribution < 1.29 is 58.2 Å². The van der Waals surface area contributed by atoms with Crippen molar-refractivity contribution in [2.75, 3.05) is 13.1 Å². The second-order valence-electron chi connectivity index (χ2n) is 4.73. The fraction of sp³-hybridized carbons (Fsp3) is 1.00. The van der Waals surface area contributed by atoms with Crippen molar-refractivity contribution >= 4 is 0 Å². The summed E-state index contributed by atoms with van der Waals surface area (Å²) in [5.41, 5.74) is 0.357. The van der Waals surface area contributed by atoms with Crippen LogP contribution in [0.1, 0.15) is 27.2 Å². The van der Waals surface area contributed by atoms with E-state index in [9.17, 15) is 0 Å². The number of hydrogen-bond donors (Lipinski definition) is 0. The molecular formula is C9H17N2Rb. The summed E-state index contributed by atoms with van der Waals surface area (Å²) in [5.74, 6) is 0. The maximum Gasteiger partial charge on any atom is 1.00 e. The van der Waals surface area contributed by atoms with Gasteiger partial charge >= 0.3 is 58.2 Å². The Balaban J connectivity index is 0.000000720. The molecule has 0 radical (unpaired) electrons. The SMILES string of the molecule is CC(C)(C)N1CC2CC1C[N-]2.[Rb+]. The summed E-state index contributed by atoms with van der Waals surface area (Å²) in [4.78, 5) is 2.60. The van der Waals surface area contributed by atoms with Gasteiger partial charge in [-0.1, -0.05) is 6.42 Å². The van der Waals surface area contributed by atoms with Gasteiger partial charge in [0.1, 0.15) is 0 Å². The summed E-state index contributed by atoms with van der Waals surface area (Å²) in [6.45, 7) is 9.19. The molecule has 2 atom stereocenters. The Bertz CT molecular complexity index is 164. The number of rotatable bonds is 0. The number of nitrogens with zero attached hydrogens (tertiary/aromatic N) is 2. The number of fused-ring (bicyclic) bond motifs is 2. The van der Waals surface area contributed by atoms with Gasteiger partial charge in [-0.3, -0.25) is 4.90 Å². The Morgan fingerprint density at radius 2 is 2.00 bits per heavy atom. The monoisotopic (exact) mass is 238 g/mol. The molecule has 2 rings (SSSR count). The Morgan fingerprint density at radius 3 is 2.25 bits per heavy atom. The molecular weight excluding hydrogens is 222 g/mol. The van der Waals surface area contributed by atoms with E-state index >= 15 is 0 Å². The zero-order valence-electron chi connectivity index (χ0n) is 8.67. The van der Waals surface area contributed by atoms with Gasteiger partial charge in [-0.2, -0.15) is 0 Å². The molecule has 3 heteroatoms. The van der Waals surface area contributed by atoms with Crippen LogP contribution in [0.25, 0.3) is 5.32 Å². The zero-order valence-corrected chi connectivity index (χ0v) is 13.6. The minimum atomic E-state index is 0. The first-order valence-electron chi connectivity index (χ1n) is 4.51. The van der Waals surface area contributed by atoms with Crippen molar-refractivity contribution in [1.29, 1.82) is 0 Å². The van der Waals surface area contributed by atoms with E-state index in [1.165, 1.54) is 13.0 Å². The molecule has 0 N–H and O–H groups in total. The number of hydrogen-bond acceptors (Lipinski definition) is 1. The summed E-state index contributed by atoms with van der Waals surface area (Å²) in [6, 6.07) is 1.43. The minimum absolute atomic E-state index is 0. The summed E-state index contributed by atoms with van der Waals surface area (Å²) in [7, 11) is 0. The van der Waals surface area contributed by atoms with Crippen molar-refractivity contribution in [3.05, 3.63) is 5.32 Å². The standard InChI is InChI=1S/C9H17N2.Rb/c1-9(2,3)11-6-7-4-8(11)5-10-7;/h7-8H,4-6H2,1-3H3;/q-1;+1. The predicted molar refractivity (Wildman–Crippen MR) is 46.9 cm³/mol. The second-order valence-corrected chi connectivity index (χ2v) is 4.73. The van der Waals surface area contributed by atoms with Crippen LogP contribution in [-0.2, 0) is 0 Å². The van der Waals surface area contributed by atoms with Gasteiger partial charge in [0.2, 0.25) is 0 Å². The first-order valence-corrected chi connectivity index (χ1v) is 4.51.